The van der Waals surface area contributed by atoms with Gasteiger partial charge in [-0.1, -0.05) is 0 Å². The fourth-order valence-electron chi connectivity index (χ4n) is 1.03. The van der Waals surface area contributed by atoms with E-state index in [4.69, 9.17) is 15.3 Å². The van der Waals surface area contributed by atoms with Crippen molar-refractivity contribution in [2.24, 2.45) is 0 Å². The molecule has 3 N–H and O–H groups in total. The van der Waals surface area contributed by atoms with Crippen LogP contribution >= 0.6 is 0 Å². The molecular weight excluding hydrogens is 210 g/mol. The third kappa shape index (κ3) is 2.63. The minimum Gasteiger partial charge on any atom is -0.547 e. The average Bonchev–Trinajstić information content (AvgIpc) is 2.07. The normalized spacial score (nSPS) is 42.7. The molecule has 0 saturated carbocycles. The Bertz CT molecular complexity index is 214. The first-order valence-corrected chi connectivity index (χ1v) is 3.49. The number of halogens is 1. The van der Waals surface area contributed by atoms with Crippen LogP contribution in [0.1, 0.15) is 0 Å². The van der Waals surface area contributed by atoms with Gasteiger partial charge in [-0.3, -0.25) is 0 Å². The fraction of sp³-hybridized carbons (Fsp3) is 0.833. The summed E-state index contributed by atoms with van der Waals surface area (Å²) < 4.78 is 16.6. The molecule has 0 aromatic rings. The van der Waals surface area contributed by atoms with Crippen LogP contribution in [0.4, 0.5) is 4.39 Å². The Morgan fingerprint density at radius 3 is 2.14 bits per heavy atom. The minimum absolute atomic E-state index is 0. The number of alkyl halides is 1. The van der Waals surface area contributed by atoms with Crippen LogP contribution in [-0.2, 0) is 9.53 Å². The summed E-state index contributed by atoms with van der Waals surface area (Å²) in [5.41, 5.74) is 0. The first kappa shape index (κ1) is 14.2. The number of aliphatic hydroxyl groups is 3. The van der Waals surface area contributed by atoms with Crippen molar-refractivity contribution in [1.82, 2.24) is 0 Å². The Labute approximate surface area is 101 Å². The molecule has 0 aromatic heterocycles. The van der Waals surface area contributed by atoms with E-state index in [9.17, 15) is 14.3 Å². The second-order valence-electron chi connectivity index (χ2n) is 2.70. The number of carboxylic acid groups (broad SMARTS) is 1. The molecule has 1 saturated heterocycles. The molecule has 0 bridgehead atoms. The molecule has 0 amide bonds. The van der Waals surface area contributed by atoms with Crippen LogP contribution < -0.4 is 34.7 Å². The van der Waals surface area contributed by atoms with Crippen LogP contribution in [-0.4, -0.2) is 52.1 Å². The van der Waals surface area contributed by atoms with E-state index in [1.165, 1.54) is 0 Å². The Kier molecular flexibility index (Phi) is 5.45. The predicted molar refractivity (Wildman–Crippen MR) is 32.8 cm³/mol. The van der Waals surface area contributed by atoms with Gasteiger partial charge in [-0.05, 0) is 0 Å². The second kappa shape index (κ2) is 5.36. The molecule has 8 heteroatoms. The van der Waals surface area contributed by atoms with Crippen molar-refractivity contribution in [1.29, 1.82) is 0 Å². The standard InChI is InChI=1S/C6H9FO6.Na/c7-5-3(10)1(8)2(9)4(13-5)6(11)12;/h1-5,8-10H,(H,11,12);/q;+1/p-1/t1-,2-,3+,4-,5-;/m0./s1. The van der Waals surface area contributed by atoms with Gasteiger partial charge >= 0.3 is 29.6 Å². The summed E-state index contributed by atoms with van der Waals surface area (Å²) in [6.45, 7) is 0. The maximum Gasteiger partial charge on any atom is 1.00 e. The number of hydrogen-bond acceptors (Lipinski definition) is 6. The van der Waals surface area contributed by atoms with Crippen molar-refractivity contribution in [3.05, 3.63) is 0 Å². The molecule has 1 aliphatic rings. The molecule has 0 aliphatic carbocycles. The molecule has 1 fully saturated rings. The van der Waals surface area contributed by atoms with E-state index in [0.717, 1.165) is 0 Å². The molecule has 0 unspecified atom stereocenters. The molecular formula is C6H8FNaO6. The summed E-state index contributed by atoms with van der Waals surface area (Å²) in [5, 5.41) is 36.9. The fourth-order valence-corrected chi connectivity index (χ4v) is 1.03. The van der Waals surface area contributed by atoms with Crippen molar-refractivity contribution in [2.45, 2.75) is 30.8 Å². The number of carboxylic acids is 1. The van der Waals surface area contributed by atoms with Crippen molar-refractivity contribution >= 4 is 5.97 Å². The molecule has 6 nitrogen and oxygen atoms in total. The minimum atomic E-state index is -2.35. The molecule has 76 valence electrons. The number of carbonyl (C=O) groups is 1. The molecule has 1 heterocycles. The first-order valence-electron chi connectivity index (χ1n) is 3.49. The molecule has 14 heavy (non-hydrogen) atoms. The summed E-state index contributed by atoms with van der Waals surface area (Å²) in [4.78, 5) is 10.2. The Morgan fingerprint density at radius 1 is 1.21 bits per heavy atom. The third-order valence-corrected chi connectivity index (χ3v) is 1.79. The molecule has 0 spiro atoms. The van der Waals surface area contributed by atoms with E-state index in [2.05, 4.69) is 4.74 Å². The predicted octanol–water partition coefficient (Wildman–Crippen LogP) is -6.48. The number of ether oxygens (including phenoxy) is 1. The van der Waals surface area contributed by atoms with Crippen LogP contribution in [0.15, 0.2) is 0 Å². The maximum absolute atomic E-state index is 12.6. The van der Waals surface area contributed by atoms with Gasteiger partial charge in [0.15, 0.2) is 0 Å². The Balaban J connectivity index is 0.00000169. The monoisotopic (exact) mass is 218 g/mol. The number of aliphatic hydroxyl groups excluding tert-OH is 3. The zero-order chi connectivity index (χ0) is 10.2. The van der Waals surface area contributed by atoms with Gasteiger partial charge in [-0.15, -0.1) is 0 Å². The SMILES string of the molecule is O=C([O-])[C@H]1O[C@H](F)[C@H](O)[C@@H](O)[C@@H]1O.[Na+]. The van der Waals surface area contributed by atoms with Crippen LogP contribution in [0, 0.1) is 0 Å². The zero-order valence-corrected chi connectivity index (χ0v) is 9.33. The molecule has 0 aromatic carbocycles. The summed E-state index contributed by atoms with van der Waals surface area (Å²) >= 11 is 0. The van der Waals surface area contributed by atoms with Crippen molar-refractivity contribution in [2.75, 3.05) is 0 Å². The van der Waals surface area contributed by atoms with E-state index in [1.54, 1.807) is 0 Å². The Hall–Kier alpha value is 0.240. The van der Waals surface area contributed by atoms with E-state index >= 15 is 0 Å². The topological polar surface area (TPSA) is 110 Å². The van der Waals surface area contributed by atoms with E-state index in [1.807, 2.05) is 0 Å². The van der Waals surface area contributed by atoms with E-state index in [0.29, 0.717) is 0 Å². The van der Waals surface area contributed by atoms with Gasteiger partial charge in [0.25, 0.3) is 0 Å². The summed E-state index contributed by atoms with van der Waals surface area (Å²) in [7, 11) is 0. The van der Waals surface area contributed by atoms with Crippen molar-refractivity contribution < 1.29 is 63.9 Å². The van der Waals surface area contributed by atoms with E-state index in [-0.39, 0.29) is 29.6 Å². The number of hydrogen-bond donors (Lipinski definition) is 3. The van der Waals surface area contributed by atoms with Gasteiger partial charge in [0, 0.05) is 0 Å². The first-order chi connectivity index (χ1) is 5.95. The van der Waals surface area contributed by atoms with Gasteiger partial charge in [-0.25, -0.2) is 4.39 Å². The van der Waals surface area contributed by atoms with Crippen molar-refractivity contribution in [3.63, 3.8) is 0 Å². The number of rotatable bonds is 1. The van der Waals surface area contributed by atoms with Crippen molar-refractivity contribution in [3.8, 4) is 0 Å². The van der Waals surface area contributed by atoms with E-state index < -0.39 is 36.7 Å². The molecule has 5 atom stereocenters. The van der Waals surface area contributed by atoms with Gasteiger partial charge in [-0.2, -0.15) is 0 Å². The van der Waals surface area contributed by atoms with Gasteiger partial charge in [0.05, 0.1) is 5.97 Å². The maximum atomic E-state index is 12.6. The Morgan fingerprint density at radius 2 is 1.71 bits per heavy atom. The zero-order valence-electron chi connectivity index (χ0n) is 7.33. The second-order valence-corrected chi connectivity index (χ2v) is 2.70. The largest absolute Gasteiger partial charge is 1.00 e. The van der Waals surface area contributed by atoms with Crippen LogP contribution in [0.25, 0.3) is 0 Å². The molecule has 0 radical (unpaired) electrons. The molecule has 1 rings (SSSR count). The quantitative estimate of drug-likeness (QED) is 0.377. The van der Waals surface area contributed by atoms with Crippen LogP contribution in [0.3, 0.4) is 0 Å². The smallest absolute Gasteiger partial charge is 0.547 e. The summed E-state index contributed by atoms with van der Waals surface area (Å²) in [5.74, 6) is -1.85. The van der Waals surface area contributed by atoms with Crippen LogP contribution in [0.5, 0.6) is 0 Å². The van der Waals surface area contributed by atoms with Gasteiger partial charge in [0.2, 0.25) is 6.36 Å². The number of carbonyl (C=O) groups excluding carboxylic acids is 1. The van der Waals surface area contributed by atoms with Gasteiger partial charge in [0.1, 0.15) is 24.4 Å². The summed E-state index contributed by atoms with van der Waals surface area (Å²) in [6.07, 6.45) is -10.1. The number of aliphatic carboxylic acids is 1. The third-order valence-electron chi connectivity index (χ3n) is 1.79. The average molecular weight is 218 g/mol. The van der Waals surface area contributed by atoms with Gasteiger partial charge < -0.3 is 30.0 Å². The molecule has 1 aliphatic heterocycles. The summed E-state index contributed by atoms with van der Waals surface area (Å²) in [6, 6.07) is 0. The van der Waals surface area contributed by atoms with Crippen LogP contribution in [0.2, 0.25) is 0 Å².